The van der Waals surface area contributed by atoms with Crippen LogP contribution < -0.4 is 0 Å². The molecule has 3 nitrogen and oxygen atoms in total. The fraction of sp³-hybridized carbons (Fsp3) is 0.462. The molecule has 1 aliphatic rings. The van der Waals surface area contributed by atoms with Crippen LogP contribution in [0.1, 0.15) is 41.0 Å². The van der Waals surface area contributed by atoms with E-state index < -0.39 is 6.10 Å². The smallest absolute Gasteiger partial charge is 0.105 e. The van der Waals surface area contributed by atoms with Gasteiger partial charge in [-0.3, -0.25) is 4.68 Å². The maximum Gasteiger partial charge on any atom is 0.105 e. The lowest BCUT2D eigenvalue weighted by atomic mass is 9.83. The number of aromatic nitrogens is 2. The topological polar surface area (TPSA) is 38.0 Å². The second-order valence-electron chi connectivity index (χ2n) is 4.66. The molecule has 2 atom stereocenters. The Kier molecular flexibility index (Phi) is 2.76. The van der Waals surface area contributed by atoms with Crippen LogP contribution in [-0.2, 0) is 13.5 Å². The summed E-state index contributed by atoms with van der Waals surface area (Å²) in [6.07, 6.45) is 4.81. The SMILES string of the molecule is Cn1ccc(C(O)C2CCCc3sccc32)n1. The normalized spacial score (nSPS) is 21.2. The average molecular weight is 248 g/mol. The van der Waals surface area contributed by atoms with Gasteiger partial charge < -0.3 is 5.11 Å². The van der Waals surface area contributed by atoms with Gasteiger partial charge in [-0.1, -0.05) is 0 Å². The Hall–Kier alpha value is -1.13. The molecule has 4 heteroatoms. The molecule has 0 aromatic carbocycles. The van der Waals surface area contributed by atoms with Crippen molar-refractivity contribution < 1.29 is 5.11 Å². The van der Waals surface area contributed by atoms with Gasteiger partial charge in [-0.2, -0.15) is 5.10 Å². The monoisotopic (exact) mass is 248 g/mol. The molecule has 0 spiro atoms. The lowest BCUT2D eigenvalue weighted by Gasteiger charge is -2.26. The Morgan fingerprint density at radius 3 is 3.18 bits per heavy atom. The van der Waals surface area contributed by atoms with Crippen LogP contribution in [0.25, 0.3) is 0 Å². The van der Waals surface area contributed by atoms with Gasteiger partial charge in [-0.15, -0.1) is 11.3 Å². The maximum absolute atomic E-state index is 10.5. The molecule has 0 saturated heterocycles. The molecule has 1 aliphatic carbocycles. The zero-order valence-electron chi connectivity index (χ0n) is 9.84. The van der Waals surface area contributed by atoms with Crippen molar-refractivity contribution in [3.05, 3.63) is 39.8 Å². The van der Waals surface area contributed by atoms with Gasteiger partial charge >= 0.3 is 0 Å². The zero-order valence-corrected chi connectivity index (χ0v) is 10.7. The molecule has 0 aliphatic heterocycles. The fourth-order valence-electron chi connectivity index (χ4n) is 2.65. The van der Waals surface area contributed by atoms with Gasteiger partial charge in [0.1, 0.15) is 6.10 Å². The van der Waals surface area contributed by atoms with Crippen LogP contribution in [0.3, 0.4) is 0 Å². The molecule has 0 amide bonds. The Balaban J connectivity index is 1.91. The van der Waals surface area contributed by atoms with E-state index in [-0.39, 0.29) is 5.92 Å². The van der Waals surface area contributed by atoms with Crippen LogP contribution in [-0.4, -0.2) is 14.9 Å². The maximum atomic E-state index is 10.5. The minimum absolute atomic E-state index is 0.222. The highest BCUT2D eigenvalue weighted by atomic mass is 32.1. The number of thiophene rings is 1. The van der Waals surface area contributed by atoms with E-state index in [0.717, 1.165) is 12.1 Å². The highest BCUT2D eigenvalue weighted by molar-refractivity contribution is 7.10. The van der Waals surface area contributed by atoms with Crippen LogP contribution >= 0.6 is 11.3 Å². The molecular formula is C13H16N2OS. The summed E-state index contributed by atoms with van der Waals surface area (Å²) >= 11 is 1.81. The summed E-state index contributed by atoms with van der Waals surface area (Å²) in [5.74, 6) is 0.222. The summed E-state index contributed by atoms with van der Waals surface area (Å²) in [4.78, 5) is 1.44. The first kappa shape index (κ1) is 11.0. The largest absolute Gasteiger partial charge is 0.386 e. The molecule has 2 aromatic heterocycles. The fourth-order valence-corrected chi connectivity index (χ4v) is 3.64. The van der Waals surface area contributed by atoms with E-state index in [0.29, 0.717) is 0 Å². The summed E-state index contributed by atoms with van der Waals surface area (Å²) in [7, 11) is 1.88. The van der Waals surface area contributed by atoms with Crippen LogP contribution in [0.4, 0.5) is 0 Å². The Morgan fingerprint density at radius 1 is 1.53 bits per heavy atom. The molecule has 2 unspecified atom stereocenters. The van der Waals surface area contributed by atoms with Crippen LogP contribution in [0.15, 0.2) is 23.7 Å². The van der Waals surface area contributed by atoms with E-state index >= 15 is 0 Å². The van der Waals surface area contributed by atoms with E-state index in [4.69, 9.17) is 0 Å². The summed E-state index contributed by atoms with van der Waals surface area (Å²) < 4.78 is 1.75. The van der Waals surface area contributed by atoms with Gasteiger partial charge in [0.15, 0.2) is 0 Å². The molecule has 2 aromatic rings. The quantitative estimate of drug-likeness (QED) is 0.887. The zero-order chi connectivity index (χ0) is 11.8. The molecule has 17 heavy (non-hydrogen) atoms. The van der Waals surface area contributed by atoms with Crippen molar-refractivity contribution >= 4 is 11.3 Å². The second-order valence-corrected chi connectivity index (χ2v) is 5.66. The lowest BCUT2D eigenvalue weighted by molar-refractivity contribution is 0.131. The number of aliphatic hydroxyl groups excluding tert-OH is 1. The van der Waals surface area contributed by atoms with Crippen molar-refractivity contribution in [2.45, 2.75) is 31.3 Å². The number of hydrogen-bond donors (Lipinski definition) is 1. The molecular weight excluding hydrogens is 232 g/mol. The third-order valence-corrected chi connectivity index (χ3v) is 4.51. The second kappa shape index (κ2) is 4.27. The van der Waals surface area contributed by atoms with Crippen LogP contribution in [0.5, 0.6) is 0 Å². The predicted octanol–water partition coefficient (Wildman–Crippen LogP) is 2.64. The van der Waals surface area contributed by atoms with E-state index in [1.807, 2.05) is 30.6 Å². The van der Waals surface area contributed by atoms with Crippen molar-refractivity contribution in [2.24, 2.45) is 7.05 Å². The Morgan fingerprint density at radius 2 is 2.41 bits per heavy atom. The Labute approximate surface area is 105 Å². The number of nitrogens with zero attached hydrogens (tertiary/aromatic N) is 2. The first-order valence-electron chi connectivity index (χ1n) is 5.99. The number of hydrogen-bond acceptors (Lipinski definition) is 3. The van der Waals surface area contributed by atoms with Crippen molar-refractivity contribution in [3.8, 4) is 0 Å². The number of aliphatic hydroxyl groups is 1. The van der Waals surface area contributed by atoms with E-state index in [9.17, 15) is 5.11 Å². The van der Waals surface area contributed by atoms with Gasteiger partial charge in [-0.25, -0.2) is 0 Å². The molecule has 3 rings (SSSR count). The molecule has 0 radical (unpaired) electrons. The summed E-state index contributed by atoms with van der Waals surface area (Å²) in [6, 6.07) is 4.07. The molecule has 0 saturated carbocycles. The number of rotatable bonds is 2. The van der Waals surface area contributed by atoms with Gasteiger partial charge in [0.05, 0.1) is 5.69 Å². The third-order valence-electron chi connectivity index (χ3n) is 3.52. The molecule has 0 fully saturated rings. The van der Waals surface area contributed by atoms with Gasteiger partial charge in [0.25, 0.3) is 0 Å². The van der Waals surface area contributed by atoms with E-state index in [1.165, 1.54) is 23.3 Å². The van der Waals surface area contributed by atoms with Gasteiger partial charge in [0, 0.05) is 24.0 Å². The van der Waals surface area contributed by atoms with Crippen LogP contribution in [0.2, 0.25) is 0 Å². The standard InChI is InChI=1S/C13H16N2OS/c1-15-7-5-11(14-15)13(16)10-3-2-4-12-9(10)6-8-17-12/h5-8,10,13,16H,2-4H2,1H3. The number of aryl methyl sites for hydroxylation is 2. The first-order chi connectivity index (χ1) is 8.25. The highest BCUT2D eigenvalue weighted by Crippen LogP contribution is 2.41. The molecule has 90 valence electrons. The minimum Gasteiger partial charge on any atom is -0.386 e. The van der Waals surface area contributed by atoms with Crippen LogP contribution in [0, 0.1) is 0 Å². The predicted molar refractivity (Wildman–Crippen MR) is 68.2 cm³/mol. The minimum atomic E-state index is -0.468. The van der Waals surface area contributed by atoms with Gasteiger partial charge in [-0.05, 0) is 42.3 Å². The summed E-state index contributed by atoms with van der Waals surface area (Å²) in [6.45, 7) is 0. The van der Waals surface area contributed by atoms with Crippen molar-refractivity contribution in [1.82, 2.24) is 9.78 Å². The Bertz CT molecular complexity index is 517. The summed E-state index contributed by atoms with van der Waals surface area (Å²) in [5.41, 5.74) is 2.12. The molecule has 0 bridgehead atoms. The summed E-state index contributed by atoms with van der Waals surface area (Å²) in [5, 5.41) is 16.9. The van der Waals surface area contributed by atoms with Gasteiger partial charge in [0.2, 0.25) is 0 Å². The first-order valence-corrected chi connectivity index (χ1v) is 6.87. The highest BCUT2D eigenvalue weighted by Gasteiger charge is 2.29. The van der Waals surface area contributed by atoms with E-state index in [2.05, 4.69) is 16.5 Å². The molecule has 1 N–H and O–H groups in total. The number of fused-ring (bicyclic) bond motifs is 1. The average Bonchev–Trinajstić information content (AvgIpc) is 2.95. The van der Waals surface area contributed by atoms with Crippen molar-refractivity contribution in [2.75, 3.05) is 0 Å². The third kappa shape index (κ3) is 1.91. The lowest BCUT2D eigenvalue weighted by Crippen LogP contribution is -2.16. The van der Waals surface area contributed by atoms with E-state index in [1.54, 1.807) is 4.68 Å². The van der Waals surface area contributed by atoms with Crippen molar-refractivity contribution in [1.29, 1.82) is 0 Å². The van der Waals surface area contributed by atoms with Crippen molar-refractivity contribution in [3.63, 3.8) is 0 Å². The molecule has 2 heterocycles.